The number of carbonyl (C=O) groups excluding carboxylic acids is 1. The van der Waals surface area contributed by atoms with Crippen LogP contribution in [0.15, 0.2) is 17.5 Å². The quantitative estimate of drug-likeness (QED) is 0.813. The molecule has 1 aromatic heterocycles. The van der Waals surface area contributed by atoms with Gasteiger partial charge < -0.3 is 10.6 Å². The van der Waals surface area contributed by atoms with Gasteiger partial charge in [-0.05, 0) is 18.0 Å². The normalized spacial score (nSPS) is 12.7. The van der Waals surface area contributed by atoms with Crippen molar-refractivity contribution in [2.24, 2.45) is 5.73 Å². The molecule has 5 heteroatoms. The fourth-order valence-corrected chi connectivity index (χ4v) is 2.58. The molecular weight excluding hydrogens is 246 g/mol. The van der Waals surface area contributed by atoms with Gasteiger partial charge in [0.05, 0.1) is 0 Å². The molecule has 1 heterocycles. The molecule has 18 heavy (non-hydrogen) atoms. The van der Waals surface area contributed by atoms with Crippen molar-refractivity contribution in [2.75, 3.05) is 27.2 Å². The zero-order valence-corrected chi connectivity index (χ0v) is 12.2. The predicted octanol–water partition coefficient (Wildman–Crippen LogP) is 1.38. The van der Waals surface area contributed by atoms with Crippen LogP contribution in [0, 0.1) is 0 Å². The van der Waals surface area contributed by atoms with Gasteiger partial charge in [-0.3, -0.25) is 9.69 Å². The van der Waals surface area contributed by atoms with Crippen molar-refractivity contribution >= 4 is 17.2 Å². The highest BCUT2D eigenvalue weighted by molar-refractivity contribution is 7.09. The Bertz CT molecular complexity index is 351. The summed E-state index contributed by atoms with van der Waals surface area (Å²) in [6.07, 6.45) is 0.489. The summed E-state index contributed by atoms with van der Waals surface area (Å²) in [5.41, 5.74) is 5.82. The Morgan fingerprint density at radius 1 is 1.50 bits per heavy atom. The van der Waals surface area contributed by atoms with Gasteiger partial charge in [-0.2, -0.15) is 0 Å². The standard InChI is InChI=1S/C13H23N3OS/c1-4-16(10-12-6-5-7-18-12)11(9-14)8-13(17)15(2)3/h5-7,11H,4,8-10,14H2,1-3H3. The van der Waals surface area contributed by atoms with E-state index in [0.717, 1.165) is 13.1 Å². The second-order valence-electron chi connectivity index (χ2n) is 4.52. The van der Waals surface area contributed by atoms with Gasteiger partial charge in [0.2, 0.25) is 5.91 Å². The average molecular weight is 269 g/mol. The number of rotatable bonds is 7. The Morgan fingerprint density at radius 3 is 2.67 bits per heavy atom. The summed E-state index contributed by atoms with van der Waals surface area (Å²) < 4.78 is 0. The molecule has 0 saturated heterocycles. The van der Waals surface area contributed by atoms with Crippen LogP contribution < -0.4 is 5.73 Å². The summed E-state index contributed by atoms with van der Waals surface area (Å²) in [7, 11) is 3.57. The number of likely N-dealkylation sites (N-methyl/N-ethyl adjacent to an activating group) is 1. The first-order chi connectivity index (χ1) is 8.58. The molecule has 102 valence electrons. The van der Waals surface area contributed by atoms with Crippen LogP contribution in [0.5, 0.6) is 0 Å². The van der Waals surface area contributed by atoms with E-state index in [0.29, 0.717) is 13.0 Å². The molecule has 1 atom stereocenters. The molecule has 0 aliphatic heterocycles. The zero-order valence-electron chi connectivity index (χ0n) is 11.4. The van der Waals surface area contributed by atoms with Crippen LogP contribution in [-0.2, 0) is 11.3 Å². The van der Waals surface area contributed by atoms with Crippen LogP contribution >= 0.6 is 11.3 Å². The maximum Gasteiger partial charge on any atom is 0.223 e. The number of carbonyl (C=O) groups is 1. The number of hydrogen-bond acceptors (Lipinski definition) is 4. The molecule has 4 nitrogen and oxygen atoms in total. The maximum absolute atomic E-state index is 11.8. The van der Waals surface area contributed by atoms with Gasteiger partial charge in [0.15, 0.2) is 0 Å². The zero-order chi connectivity index (χ0) is 13.5. The summed E-state index contributed by atoms with van der Waals surface area (Å²) in [6, 6.07) is 4.29. The van der Waals surface area contributed by atoms with Crippen molar-refractivity contribution in [1.29, 1.82) is 0 Å². The Morgan fingerprint density at radius 2 is 2.22 bits per heavy atom. The molecule has 0 aliphatic rings. The van der Waals surface area contributed by atoms with E-state index in [1.54, 1.807) is 30.3 Å². The lowest BCUT2D eigenvalue weighted by Gasteiger charge is -2.29. The Kier molecular flexibility index (Phi) is 6.32. The van der Waals surface area contributed by atoms with Gasteiger partial charge in [0.25, 0.3) is 0 Å². The number of hydrogen-bond donors (Lipinski definition) is 1. The molecule has 2 N–H and O–H groups in total. The number of thiophene rings is 1. The maximum atomic E-state index is 11.8. The van der Waals surface area contributed by atoms with Crippen LogP contribution in [0.2, 0.25) is 0 Å². The minimum atomic E-state index is 0.118. The first kappa shape index (κ1) is 15.1. The largest absolute Gasteiger partial charge is 0.349 e. The highest BCUT2D eigenvalue weighted by Gasteiger charge is 2.20. The van der Waals surface area contributed by atoms with Crippen LogP contribution in [0.1, 0.15) is 18.2 Å². The second-order valence-corrected chi connectivity index (χ2v) is 5.56. The lowest BCUT2D eigenvalue weighted by molar-refractivity contribution is -0.130. The third kappa shape index (κ3) is 4.40. The highest BCUT2D eigenvalue weighted by atomic mass is 32.1. The monoisotopic (exact) mass is 269 g/mol. The Hall–Kier alpha value is -0.910. The minimum Gasteiger partial charge on any atom is -0.349 e. The van der Waals surface area contributed by atoms with E-state index in [1.807, 2.05) is 0 Å². The van der Waals surface area contributed by atoms with Crippen LogP contribution in [-0.4, -0.2) is 48.9 Å². The lowest BCUT2D eigenvalue weighted by atomic mass is 10.1. The molecular formula is C13H23N3OS. The third-order valence-corrected chi connectivity index (χ3v) is 3.90. The van der Waals surface area contributed by atoms with Crippen molar-refractivity contribution in [2.45, 2.75) is 25.9 Å². The topological polar surface area (TPSA) is 49.6 Å². The molecule has 1 aromatic rings. The first-order valence-corrected chi connectivity index (χ1v) is 7.13. The van der Waals surface area contributed by atoms with Crippen molar-refractivity contribution in [3.63, 3.8) is 0 Å². The Labute approximate surface area is 113 Å². The summed E-state index contributed by atoms with van der Waals surface area (Å²) in [4.78, 5) is 17.0. The molecule has 0 bridgehead atoms. The average Bonchev–Trinajstić information content (AvgIpc) is 2.85. The smallest absolute Gasteiger partial charge is 0.223 e. The van der Waals surface area contributed by atoms with Crippen LogP contribution in [0.4, 0.5) is 0 Å². The van der Waals surface area contributed by atoms with Gasteiger partial charge in [0.1, 0.15) is 0 Å². The molecule has 1 unspecified atom stereocenters. The number of nitrogens with two attached hydrogens (primary N) is 1. The molecule has 0 fully saturated rings. The van der Waals surface area contributed by atoms with Crippen LogP contribution in [0.25, 0.3) is 0 Å². The highest BCUT2D eigenvalue weighted by Crippen LogP contribution is 2.15. The van der Waals surface area contributed by atoms with Crippen molar-refractivity contribution in [3.8, 4) is 0 Å². The summed E-state index contributed by atoms with van der Waals surface area (Å²) in [5, 5.41) is 2.07. The Balaban J connectivity index is 2.62. The molecule has 0 aromatic carbocycles. The fraction of sp³-hybridized carbons (Fsp3) is 0.615. The van der Waals surface area contributed by atoms with Crippen molar-refractivity contribution in [3.05, 3.63) is 22.4 Å². The molecule has 0 saturated carbocycles. The third-order valence-electron chi connectivity index (χ3n) is 3.04. The minimum absolute atomic E-state index is 0.118. The fourth-order valence-electron chi connectivity index (χ4n) is 1.85. The first-order valence-electron chi connectivity index (χ1n) is 6.25. The SMILES string of the molecule is CCN(Cc1cccs1)C(CN)CC(=O)N(C)C. The summed E-state index contributed by atoms with van der Waals surface area (Å²) in [5.74, 6) is 0.134. The van der Waals surface area contributed by atoms with Gasteiger partial charge in [-0.25, -0.2) is 0 Å². The number of nitrogens with zero attached hydrogens (tertiary/aromatic N) is 2. The second kappa shape index (κ2) is 7.51. The molecule has 0 aliphatic carbocycles. The molecule has 1 amide bonds. The van der Waals surface area contributed by atoms with Crippen molar-refractivity contribution in [1.82, 2.24) is 9.80 Å². The van der Waals surface area contributed by atoms with Crippen molar-refractivity contribution < 1.29 is 4.79 Å². The predicted molar refractivity (Wildman–Crippen MR) is 76.6 cm³/mol. The van der Waals surface area contributed by atoms with E-state index in [9.17, 15) is 4.79 Å². The van der Waals surface area contributed by atoms with E-state index < -0.39 is 0 Å². The lowest BCUT2D eigenvalue weighted by Crippen LogP contribution is -2.43. The van der Waals surface area contributed by atoms with E-state index >= 15 is 0 Å². The molecule has 0 radical (unpaired) electrons. The van der Waals surface area contributed by atoms with Crippen LogP contribution in [0.3, 0.4) is 0 Å². The van der Waals surface area contributed by atoms with Gasteiger partial charge in [0, 0.05) is 44.5 Å². The van der Waals surface area contributed by atoms with Gasteiger partial charge in [-0.15, -0.1) is 11.3 Å². The van der Waals surface area contributed by atoms with Gasteiger partial charge >= 0.3 is 0 Å². The van der Waals surface area contributed by atoms with E-state index in [1.165, 1.54) is 4.88 Å². The summed E-state index contributed by atoms with van der Waals surface area (Å²) in [6.45, 7) is 4.40. The summed E-state index contributed by atoms with van der Waals surface area (Å²) >= 11 is 1.74. The number of amides is 1. The van der Waals surface area contributed by atoms with E-state index in [2.05, 4.69) is 29.3 Å². The van der Waals surface area contributed by atoms with E-state index in [-0.39, 0.29) is 11.9 Å². The van der Waals surface area contributed by atoms with Gasteiger partial charge in [-0.1, -0.05) is 13.0 Å². The van der Waals surface area contributed by atoms with E-state index in [4.69, 9.17) is 5.73 Å². The molecule has 1 rings (SSSR count). The molecule has 0 spiro atoms.